The van der Waals surface area contributed by atoms with Crippen LogP contribution in [0.2, 0.25) is 0 Å². The van der Waals surface area contributed by atoms with Crippen LogP contribution in [0.3, 0.4) is 0 Å². The Kier molecular flexibility index (Phi) is 12.2. The van der Waals surface area contributed by atoms with Crippen LogP contribution in [0.1, 0.15) is 85.0 Å². The molecule has 12 rings (SSSR count). The number of hydrogen-bond donors (Lipinski definition) is 0. The number of ether oxygens (including phenoxy) is 1. The molecule has 0 bridgehead atoms. The van der Waals surface area contributed by atoms with E-state index in [1.165, 1.54) is 11.1 Å². The van der Waals surface area contributed by atoms with Gasteiger partial charge in [0.25, 0.3) is 0 Å². The lowest BCUT2D eigenvalue weighted by atomic mass is 9.86. The van der Waals surface area contributed by atoms with Crippen molar-refractivity contribution in [2.24, 2.45) is 0 Å². The van der Waals surface area contributed by atoms with E-state index in [0.29, 0.717) is 23.1 Å². The number of benzene rings is 5. The van der Waals surface area contributed by atoms with Crippen molar-refractivity contribution in [2.75, 3.05) is 0 Å². The summed E-state index contributed by atoms with van der Waals surface area (Å²) in [6.07, 6.45) is 15.3. The van der Waals surface area contributed by atoms with Gasteiger partial charge < -0.3 is 4.74 Å². The number of hydrogen-bond acceptors (Lipinski definition) is 9. The van der Waals surface area contributed by atoms with Crippen molar-refractivity contribution in [3.63, 3.8) is 0 Å². The van der Waals surface area contributed by atoms with E-state index in [0.717, 1.165) is 106 Å². The summed E-state index contributed by atoms with van der Waals surface area (Å²) in [4.78, 5) is 39.7. The lowest BCUT2D eigenvalue weighted by Gasteiger charge is -2.24. The van der Waals surface area contributed by atoms with Gasteiger partial charge in [0.05, 0.1) is 17.1 Å². The first kappa shape index (κ1) is 43.7. The monoisotopic (exact) mass is 922 g/mol. The molecule has 2 saturated carbocycles. The molecule has 10 aromatic rings. The second-order valence-electron chi connectivity index (χ2n) is 18.5. The molecular formula is C62H50N8O. The molecule has 2 aliphatic rings. The van der Waals surface area contributed by atoms with Crippen LogP contribution in [0.5, 0.6) is 11.5 Å². The van der Waals surface area contributed by atoms with Gasteiger partial charge in [0.1, 0.15) is 23.1 Å². The van der Waals surface area contributed by atoms with Gasteiger partial charge in [-0.25, -0.2) is 24.9 Å². The quantitative estimate of drug-likeness (QED) is 0.118. The molecule has 5 aromatic carbocycles. The highest BCUT2D eigenvalue weighted by molar-refractivity contribution is 5.85. The van der Waals surface area contributed by atoms with Gasteiger partial charge in [-0.3, -0.25) is 15.0 Å². The lowest BCUT2D eigenvalue weighted by Crippen LogP contribution is -2.16. The highest BCUT2D eigenvalue weighted by Gasteiger charge is 2.37. The van der Waals surface area contributed by atoms with E-state index in [-0.39, 0.29) is 23.7 Å². The average molecular weight is 923 g/mol. The summed E-state index contributed by atoms with van der Waals surface area (Å²) in [5.74, 6) is 5.13. The number of nitrogens with zero attached hydrogens (tertiary/aromatic N) is 8. The van der Waals surface area contributed by atoms with E-state index in [1.54, 1.807) is 18.6 Å². The van der Waals surface area contributed by atoms with E-state index in [1.807, 2.05) is 91.3 Å². The van der Waals surface area contributed by atoms with Crippen molar-refractivity contribution in [1.82, 2.24) is 39.9 Å². The topological polar surface area (TPSA) is 112 Å². The highest BCUT2D eigenvalue weighted by atomic mass is 16.5. The molecule has 2 aliphatic carbocycles. The van der Waals surface area contributed by atoms with E-state index >= 15 is 0 Å². The standard InChI is InChI=1S/C62H50N8O/c1-2-16-54(50(15-1)51-33-32-46(59-66-37-12-38-67-59)40-58(51)71-47-14-9-13-45(39-47)57-23-5-8-36-65-57)62-69-60(52-19-10-17-48(52)41-24-28-43(29-25-41)55-21-3-6-34-63-55)68-61(70-62)53-20-11-18-49(53)42-26-30-44(31-27-42)56-22-4-7-35-64-56/h1-9,12-16,21-40,48-49,52-53H,10-11,17-20H2. The van der Waals surface area contributed by atoms with Crippen LogP contribution < -0.4 is 4.74 Å². The Labute approximate surface area is 413 Å². The molecule has 0 saturated heterocycles. The Morgan fingerprint density at radius 2 is 0.845 bits per heavy atom. The first-order valence-corrected chi connectivity index (χ1v) is 24.7. The Balaban J connectivity index is 0.965. The SMILES string of the molecule is c1ccc(-c2ccc(C3CCCC3c3nc(-c4ccccc4-c4ccc(-c5ncccn5)cc4Oc4cccc(-c5ccccn5)c4)nc(C4CCCC4c4ccc(-c5ccccn5)cc4)n3)cc2)nc1. The zero-order valence-electron chi connectivity index (χ0n) is 39.2. The normalized spacial score (nSPS) is 17.5. The second-order valence-corrected chi connectivity index (χ2v) is 18.5. The third-order valence-electron chi connectivity index (χ3n) is 14.3. The summed E-state index contributed by atoms with van der Waals surface area (Å²) in [7, 11) is 0. The predicted octanol–water partition coefficient (Wildman–Crippen LogP) is 14.7. The van der Waals surface area contributed by atoms with Crippen molar-refractivity contribution in [1.29, 1.82) is 0 Å². The summed E-state index contributed by atoms with van der Waals surface area (Å²) in [6, 6.07) is 60.5. The first-order chi connectivity index (χ1) is 35.2. The van der Waals surface area contributed by atoms with Crippen molar-refractivity contribution in [3.8, 4) is 79.2 Å². The zero-order chi connectivity index (χ0) is 47.3. The molecule has 9 nitrogen and oxygen atoms in total. The number of pyridine rings is 3. The predicted molar refractivity (Wildman–Crippen MR) is 279 cm³/mol. The van der Waals surface area contributed by atoms with Gasteiger partial charge in [-0.15, -0.1) is 0 Å². The van der Waals surface area contributed by atoms with Crippen LogP contribution in [0.25, 0.3) is 67.7 Å². The Morgan fingerprint density at radius 3 is 1.41 bits per heavy atom. The smallest absolute Gasteiger partial charge is 0.163 e. The molecule has 4 atom stereocenters. The fraction of sp³-hybridized carbons (Fsp3) is 0.161. The lowest BCUT2D eigenvalue weighted by molar-refractivity contribution is 0.485. The minimum Gasteiger partial charge on any atom is -0.457 e. The van der Waals surface area contributed by atoms with E-state index in [9.17, 15) is 0 Å². The van der Waals surface area contributed by atoms with Gasteiger partial charge in [0.2, 0.25) is 0 Å². The van der Waals surface area contributed by atoms with Crippen LogP contribution in [0.15, 0.2) is 207 Å². The van der Waals surface area contributed by atoms with Crippen LogP contribution >= 0.6 is 0 Å². The molecule has 0 aliphatic heterocycles. The van der Waals surface area contributed by atoms with E-state index < -0.39 is 0 Å². The molecule has 0 spiro atoms. The van der Waals surface area contributed by atoms with Crippen molar-refractivity contribution >= 4 is 0 Å². The summed E-state index contributed by atoms with van der Waals surface area (Å²) < 4.78 is 6.94. The minimum absolute atomic E-state index is 0.122. The van der Waals surface area contributed by atoms with Crippen molar-refractivity contribution in [2.45, 2.75) is 62.2 Å². The molecule has 0 amide bonds. The van der Waals surface area contributed by atoms with Crippen LogP contribution in [-0.4, -0.2) is 39.9 Å². The Morgan fingerprint density at radius 1 is 0.338 bits per heavy atom. The summed E-state index contributed by atoms with van der Waals surface area (Å²) in [5.41, 5.74) is 12.2. The van der Waals surface area contributed by atoms with Crippen LogP contribution in [-0.2, 0) is 0 Å². The molecule has 0 N–H and O–H groups in total. The summed E-state index contributed by atoms with van der Waals surface area (Å²) >= 11 is 0. The fourth-order valence-electron chi connectivity index (χ4n) is 10.8. The molecule has 5 aromatic heterocycles. The van der Waals surface area contributed by atoms with Gasteiger partial charge >= 0.3 is 0 Å². The number of rotatable bonds is 12. The van der Waals surface area contributed by atoms with Crippen molar-refractivity contribution < 1.29 is 4.74 Å². The van der Waals surface area contributed by atoms with E-state index in [2.05, 4.69) is 122 Å². The zero-order valence-corrected chi connectivity index (χ0v) is 39.2. The minimum atomic E-state index is 0.122. The first-order valence-electron chi connectivity index (χ1n) is 24.7. The highest BCUT2D eigenvalue weighted by Crippen LogP contribution is 2.49. The van der Waals surface area contributed by atoms with Gasteiger partial charge in [0, 0.05) is 76.2 Å². The molecule has 0 radical (unpaired) electrons. The van der Waals surface area contributed by atoms with Gasteiger partial charge in [-0.2, -0.15) is 0 Å². The Bertz CT molecular complexity index is 3290. The largest absolute Gasteiger partial charge is 0.457 e. The van der Waals surface area contributed by atoms with Crippen LogP contribution in [0, 0.1) is 0 Å². The van der Waals surface area contributed by atoms with Crippen LogP contribution in [0.4, 0.5) is 0 Å². The maximum Gasteiger partial charge on any atom is 0.163 e. The molecular weight excluding hydrogens is 873 g/mol. The fourth-order valence-corrected chi connectivity index (χ4v) is 10.8. The number of aromatic nitrogens is 8. The molecule has 4 unspecified atom stereocenters. The second kappa shape index (κ2) is 19.8. The molecule has 71 heavy (non-hydrogen) atoms. The summed E-state index contributed by atoms with van der Waals surface area (Å²) in [5, 5.41) is 0. The van der Waals surface area contributed by atoms with E-state index in [4.69, 9.17) is 19.7 Å². The Hall–Kier alpha value is -8.56. The molecule has 2 fully saturated rings. The van der Waals surface area contributed by atoms with Gasteiger partial charge in [-0.05, 0) is 121 Å². The third-order valence-corrected chi connectivity index (χ3v) is 14.3. The maximum atomic E-state index is 6.94. The maximum absolute atomic E-state index is 6.94. The van der Waals surface area contributed by atoms with Crippen molar-refractivity contribution in [3.05, 3.63) is 230 Å². The van der Waals surface area contributed by atoms with Gasteiger partial charge in [0.15, 0.2) is 11.6 Å². The third kappa shape index (κ3) is 9.22. The summed E-state index contributed by atoms with van der Waals surface area (Å²) in [6.45, 7) is 0. The molecule has 344 valence electrons. The molecule has 5 heterocycles. The van der Waals surface area contributed by atoms with Gasteiger partial charge in [-0.1, -0.05) is 122 Å². The molecule has 9 heteroatoms. The average Bonchev–Trinajstić information content (AvgIpc) is 4.16.